The summed E-state index contributed by atoms with van der Waals surface area (Å²) in [6.45, 7) is 0. The second-order valence-electron chi connectivity index (χ2n) is 5.51. The van der Waals surface area contributed by atoms with Gasteiger partial charge in [-0.15, -0.1) is 0 Å². The lowest BCUT2D eigenvalue weighted by molar-refractivity contribution is -0.121. The van der Waals surface area contributed by atoms with Crippen LogP contribution in [0.2, 0.25) is 0 Å². The Balaban J connectivity index is 1.76. The van der Waals surface area contributed by atoms with Gasteiger partial charge in [0.05, 0.1) is 16.2 Å². The summed E-state index contributed by atoms with van der Waals surface area (Å²) in [5, 5.41) is 9.48. The molecule has 3 rings (SSSR count). The fraction of sp³-hybridized carbons (Fsp3) is 0.0500. The van der Waals surface area contributed by atoms with Gasteiger partial charge in [-0.2, -0.15) is 0 Å². The molecule has 130 valence electrons. The first kappa shape index (κ1) is 17.7. The molecule has 2 aromatic carbocycles. The molecule has 0 saturated carbocycles. The third-order valence-corrected chi connectivity index (χ3v) is 4.76. The number of rotatable bonds is 4. The lowest BCUT2D eigenvalue weighted by Crippen LogP contribution is -2.23. The number of thioether (sulfide) groups is 1. The Morgan fingerprint density at radius 1 is 1.12 bits per heavy atom. The molecular formula is C20H16N2O3S. The quantitative estimate of drug-likeness (QED) is 0.827. The molecule has 2 aromatic rings. The topological polar surface area (TPSA) is 70.0 Å². The molecule has 0 unspecified atom stereocenters. The molecule has 1 fully saturated rings. The maximum atomic E-state index is 12.3. The number of hydrogen-bond acceptors (Lipinski definition) is 4. The number of allylic oxidation sites excluding steroid dienone is 2. The molecule has 26 heavy (non-hydrogen) atoms. The third-order valence-electron chi connectivity index (χ3n) is 3.68. The number of amides is 1. The van der Waals surface area contributed by atoms with E-state index in [4.69, 9.17) is 5.11 Å². The van der Waals surface area contributed by atoms with Crippen LogP contribution < -0.4 is 0 Å². The number of benzene rings is 2. The van der Waals surface area contributed by atoms with Crippen LogP contribution in [-0.2, 0) is 4.79 Å². The van der Waals surface area contributed by atoms with Crippen molar-refractivity contribution >= 4 is 40.6 Å². The summed E-state index contributed by atoms with van der Waals surface area (Å²) >= 11 is 1.29. The summed E-state index contributed by atoms with van der Waals surface area (Å²) in [6, 6.07) is 16.0. The van der Waals surface area contributed by atoms with E-state index in [0.717, 1.165) is 5.56 Å². The molecule has 1 aliphatic heterocycles. The zero-order valence-electron chi connectivity index (χ0n) is 14.0. The number of nitrogens with zero attached hydrogens (tertiary/aromatic N) is 2. The van der Waals surface area contributed by atoms with Crippen molar-refractivity contribution in [2.45, 2.75) is 0 Å². The highest BCUT2D eigenvalue weighted by Crippen LogP contribution is 2.31. The predicted octanol–water partition coefficient (Wildman–Crippen LogP) is 4.17. The molecule has 1 heterocycles. The fourth-order valence-corrected chi connectivity index (χ4v) is 3.20. The van der Waals surface area contributed by atoms with Gasteiger partial charge in [-0.3, -0.25) is 9.69 Å². The Bertz CT molecular complexity index is 916. The molecule has 1 aliphatic rings. The van der Waals surface area contributed by atoms with Gasteiger partial charge in [0, 0.05) is 7.05 Å². The number of amidine groups is 1. The van der Waals surface area contributed by atoms with Gasteiger partial charge in [0.25, 0.3) is 5.91 Å². The normalized spacial score (nSPS) is 17.6. The van der Waals surface area contributed by atoms with Gasteiger partial charge in [-0.05, 0) is 47.7 Å². The highest BCUT2D eigenvalue weighted by molar-refractivity contribution is 8.18. The number of carbonyl (C=O) groups excluding carboxylic acids is 1. The Hall–Kier alpha value is -3.12. The molecule has 0 aromatic heterocycles. The predicted molar refractivity (Wildman–Crippen MR) is 104 cm³/mol. The van der Waals surface area contributed by atoms with Crippen molar-refractivity contribution in [3.63, 3.8) is 0 Å². The minimum absolute atomic E-state index is 0.117. The number of hydrogen-bond donors (Lipinski definition) is 1. The highest BCUT2D eigenvalue weighted by Gasteiger charge is 2.29. The Kier molecular flexibility index (Phi) is 5.34. The molecule has 6 heteroatoms. The number of likely N-dealkylation sites (N-methyl/N-ethyl adjacent to an activating group) is 1. The summed E-state index contributed by atoms with van der Waals surface area (Å²) < 4.78 is 0. The van der Waals surface area contributed by atoms with E-state index < -0.39 is 5.97 Å². The first-order valence-electron chi connectivity index (χ1n) is 7.86. The van der Waals surface area contributed by atoms with E-state index in [2.05, 4.69) is 4.99 Å². The summed E-state index contributed by atoms with van der Waals surface area (Å²) in [6.07, 6.45) is 5.54. The van der Waals surface area contributed by atoms with E-state index >= 15 is 0 Å². The first-order chi connectivity index (χ1) is 12.5. The molecule has 0 atom stereocenters. The van der Waals surface area contributed by atoms with E-state index in [9.17, 15) is 9.59 Å². The van der Waals surface area contributed by atoms with Gasteiger partial charge in [0.15, 0.2) is 5.17 Å². The smallest absolute Gasteiger partial charge is 0.335 e. The van der Waals surface area contributed by atoms with E-state index in [-0.39, 0.29) is 11.5 Å². The van der Waals surface area contributed by atoms with Gasteiger partial charge in [0.2, 0.25) is 0 Å². The van der Waals surface area contributed by atoms with Gasteiger partial charge >= 0.3 is 5.97 Å². The van der Waals surface area contributed by atoms with Crippen LogP contribution in [-0.4, -0.2) is 34.1 Å². The summed E-state index contributed by atoms with van der Waals surface area (Å²) in [5.74, 6) is -1.10. The van der Waals surface area contributed by atoms with Crippen molar-refractivity contribution < 1.29 is 14.7 Å². The van der Waals surface area contributed by atoms with Crippen molar-refractivity contribution in [2.75, 3.05) is 7.05 Å². The minimum Gasteiger partial charge on any atom is -0.478 e. The third kappa shape index (κ3) is 4.10. The SMILES string of the molecule is CN1C(=O)/C(=C/C=C/c2ccccc2)SC1=Nc1ccc(C(=O)O)cc1. The zero-order valence-corrected chi connectivity index (χ0v) is 14.8. The van der Waals surface area contributed by atoms with Crippen LogP contribution in [0.4, 0.5) is 5.69 Å². The highest BCUT2D eigenvalue weighted by atomic mass is 32.2. The van der Waals surface area contributed by atoms with Crippen LogP contribution in [0.15, 0.2) is 76.6 Å². The molecule has 0 bridgehead atoms. The number of carboxylic acids is 1. The van der Waals surface area contributed by atoms with Crippen LogP contribution in [0.5, 0.6) is 0 Å². The van der Waals surface area contributed by atoms with Gasteiger partial charge in [-0.1, -0.05) is 42.5 Å². The Labute approximate surface area is 155 Å². The molecule has 1 amide bonds. The first-order valence-corrected chi connectivity index (χ1v) is 8.67. The van der Waals surface area contributed by atoms with Crippen molar-refractivity contribution in [1.29, 1.82) is 0 Å². The van der Waals surface area contributed by atoms with Crippen molar-refractivity contribution in [1.82, 2.24) is 4.90 Å². The molecule has 1 saturated heterocycles. The standard InChI is InChI=1S/C20H16N2O3S/c1-22-18(23)17(9-5-8-14-6-3-2-4-7-14)26-20(22)21-16-12-10-15(11-13-16)19(24)25/h2-13H,1H3,(H,24,25)/b8-5+,17-9-,21-20?. The summed E-state index contributed by atoms with van der Waals surface area (Å²) in [5.41, 5.74) is 1.85. The molecular weight excluding hydrogens is 348 g/mol. The number of aliphatic imine (C=N–C) groups is 1. The monoisotopic (exact) mass is 364 g/mol. The van der Waals surface area contributed by atoms with Crippen molar-refractivity contribution in [3.05, 3.63) is 82.8 Å². The van der Waals surface area contributed by atoms with Crippen molar-refractivity contribution in [3.8, 4) is 0 Å². The second kappa shape index (κ2) is 7.84. The van der Waals surface area contributed by atoms with E-state index in [1.54, 1.807) is 25.3 Å². The van der Waals surface area contributed by atoms with Crippen LogP contribution in [0.1, 0.15) is 15.9 Å². The van der Waals surface area contributed by atoms with Gasteiger partial charge in [-0.25, -0.2) is 9.79 Å². The second-order valence-corrected chi connectivity index (χ2v) is 6.52. The number of carbonyl (C=O) groups is 2. The molecule has 0 radical (unpaired) electrons. The van der Waals surface area contributed by atoms with Crippen molar-refractivity contribution in [2.24, 2.45) is 4.99 Å². The average molecular weight is 364 g/mol. The van der Waals surface area contributed by atoms with Crippen LogP contribution >= 0.6 is 11.8 Å². The maximum Gasteiger partial charge on any atom is 0.335 e. The molecule has 1 N–H and O–H groups in total. The van der Waals surface area contributed by atoms with E-state index in [0.29, 0.717) is 15.8 Å². The summed E-state index contributed by atoms with van der Waals surface area (Å²) in [4.78, 5) is 29.7. The minimum atomic E-state index is -0.984. The average Bonchev–Trinajstić information content (AvgIpc) is 2.91. The molecule has 0 aliphatic carbocycles. The Morgan fingerprint density at radius 3 is 2.46 bits per heavy atom. The fourth-order valence-electron chi connectivity index (χ4n) is 2.27. The van der Waals surface area contributed by atoms with Gasteiger partial charge < -0.3 is 5.11 Å². The van der Waals surface area contributed by atoms with Gasteiger partial charge in [0.1, 0.15) is 0 Å². The van der Waals surface area contributed by atoms with Crippen LogP contribution in [0, 0.1) is 0 Å². The van der Waals surface area contributed by atoms with E-state index in [1.165, 1.54) is 28.8 Å². The van der Waals surface area contributed by atoms with Crippen LogP contribution in [0.25, 0.3) is 6.08 Å². The number of aromatic carboxylic acids is 1. The molecule has 5 nitrogen and oxygen atoms in total. The number of carboxylic acid groups (broad SMARTS) is 1. The lowest BCUT2D eigenvalue weighted by Gasteiger charge is -2.07. The Morgan fingerprint density at radius 2 is 1.81 bits per heavy atom. The summed E-state index contributed by atoms with van der Waals surface area (Å²) in [7, 11) is 1.67. The molecule has 0 spiro atoms. The maximum absolute atomic E-state index is 12.3. The van der Waals surface area contributed by atoms with E-state index in [1.807, 2.05) is 42.5 Å². The zero-order chi connectivity index (χ0) is 18.5. The largest absolute Gasteiger partial charge is 0.478 e. The van der Waals surface area contributed by atoms with Crippen LogP contribution in [0.3, 0.4) is 0 Å². The lowest BCUT2D eigenvalue weighted by atomic mass is 10.2.